The van der Waals surface area contributed by atoms with Gasteiger partial charge in [0.15, 0.2) is 0 Å². The number of carbonyl (C=O) groups is 1. The van der Waals surface area contributed by atoms with Gasteiger partial charge in [-0.1, -0.05) is 6.92 Å². The first kappa shape index (κ1) is 10.9. The van der Waals surface area contributed by atoms with Crippen LogP contribution in [0.3, 0.4) is 0 Å². The molecule has 1 rings (SSSR count). The number of anilines is 1. The molecule has 0 spiro atoms. The highest BCUT2D eigenvalue weighted by Crippen LogP contribution is 2.19. The van der Waals surface area contributed by atoms with Crippen LogP contribution in [0.2, 0.25) is 0 Å². The van der Waals surface area contributed by atoms with Gasteiger partial charge < -0.3 is 5.32 Å². The number of hydrogen-bond donors (Lipinski definition) is 3. The van der Waals surface area contributed by atoms with Crippen LogP contribution in [0.1, 0.15) is 6.92 Å². The predicted molar refractivity (Wildman–Crippen MR) is 59.2 cm³/mol. The van der Waals surface area contributed by atoms with Crippen molar-refractivity contribution in [2.24, 2.45) is 5.84 Å². The van der Waals surface area contributed by atoms with Gasteiger partial charge in [-0.25, -0.2) is 10.6 Å². The SMILES string of the molecule is CCSc1ccc(NC(=O)NN)cc1. The first-order chi connectivity index (χ1) is 6.76. The second-order valence-corrected chi connectivity index (χ2v) is 3.89. The summed E-state index contributed by atoms with van der Waals surface area (Å²) in [6.45, 7) is 2.10. The zero-order valence-corrected chi connectivity index (χ0v) is 8.73. The molecule has 0 saturated heterocycles. The van der Waals surface area contributed by atoms with Crippen LogP contribution >= 0.6 is 11.8 Å². The van der Waals surface area contributed by atoms with Gasteiger partial charge in [-0.3, -0.25) is 5.43 Å². The van der Waals surface area contributed by atoms with Gasteiger partial charge in [-0.05, 0) is 30.0 Å². The van der Waals surface area contributed by atoms with Crippen molar-refractivity contribution < 1.29 is 4.79 Å². The molecule has 0 heterocycles. The lowest BCUT2D eigenvalue weighted by molar-refractivity contribution is 0.252. The molecule has 0 bridgehead atoms. The number of rotatable bonds is 3. The number of benzene rings is 1. The standard InChI is InChI=1S/C9H13N3OS/c1-2-14-8-5-3-7(4-6-8)11-9(13)12-10/h3-6H,2,10H2,1H3,(H2,11,12,13). The van der Waals surface area contributed by atoms with Crippen molar-refractivity contribution in [2.75, 3.05) is 11.1 Å². The molecule has 0 aromatic heterocycles. The molecule has 0 radical (unpaired) electrons. The highest BCUT2D eigenvalue weighted by molar-refractivity contribution is 7.99. The largest absolute Gasteiger partial charge is 0.333 e. The van der Waals surface area contributed by atoms with E-state index >= 15 is 0 Å². The van der Waals surface area contributed by atoms with Gasteiger partial charge in [0.1, 0.15) is 0 Å². The molecule has 2 amide bonds. The Kier molecular flexibility index (Phi) is 4.28. The van der Waals surface area contributed by atoms with Crippen LogP contribution in [0.5, 0.6) is 0 Å². The van der Waals surface area contributed by atoms with E-state index in [4.69, 9.17) is 5.84 Å². The maximum atomic E-state index is 10.8. The average Bonchev–Trinajstić information content (AvgIpc) is 2.21. The van der Waals surface area contributed by atoms with Crippen LogP contribution in [0.25, 0.3) is 0 Å². The second kappa shape index (κ2) is 5.51. The van der Waals surface area contributed by atoms with Gasteiger partial charge >= 0.3 is 6.03 Å². The summed E-state index contributed by atoms with van der Waals surface area (Å²) in [5, 5.41) is 2.58. The molecule has 1 aromatic carbocycles. The van der Waals surface area contributed by atoms with Gasteiger partial charge in [-0.15, -0.1) is 11.8 Å². The summed E-state index contributed by atoms with van der Waals surface area (Å²) < 4.78 is 0. The molecule has 0 aliphatic rings. The monoisotopic (exact) mass is 211 g/mol. The van der Waals surface area contributed by atoms with E-state index in [-0.39, 0.29) is 0 Å². The lowest BCUT2D eigenvalue weighted by atomic mass is 10.3. The number of nitrogens with one attached hydrogen (secondary N) is 2. The molecule has 0 unspecified atom stereocenters. The fourth-order valence-corrected chi connectivity index (χ4v) is 1.63. The molecule has 1 aromatic rings. The molecule has 14 heavy (non-hydrogen) atoms. The van der Waals surface area contributed by atoms with E-state index in [1.165, 1.54) is 4.90 Å². The Bertz CT molecular complexity index is 299. The smallest absolute Gasteiger partial charge is 0.307 e. The summed E-state index contributed by atoms with van der Waals surface area (Å²) in [6, 6.07) is 7.18. The summed E-state index contributed by atoms with van der Waals surface area (Å²) in [6.07, 6.45) is 0. The van der Waals surface area contributed by atoms with E-state index in [2.05, 4.69) is 12.2 Å². The predicted octanol–water partition coefficient (Wildman–Crippen LogP) is 1.79. The topological polar surface area (TPSA) is 67.2 Å². The molecule has 0 saturated carbocycles. The molecule has 0 aliphatic carbocycles. The third-order valence-corrected chi connectivity index (χ3v) is 2.45. The zero-order valence-electron chi connectivity index (χ0n) is 7.91. The second-order valence-electron chi connectivity index (χ2n) is 2.56. The summed E-state index contributed by atoms with van der Waals surface area (Å²) in [4.78, 5) is 12.0. The summed E-state index contributed by atoms with van der Waals surface area (Å²) >= 11 is 1.76. The summed E-state index contributed by atoms with van der Waals surface area (Å²) in [5.41, 5.74) is 2.73. The molecule has 0 atom stereocenters. The van der Waals surface area contributed by atoms with Gasteiger partial charge in [0.2, 0.25) is 0 Å². The number of hydrogen-bond acceptors (Lipinski definition) is 3. The Balaban J connectivity index is 2.59. The Morgan fingerprint density at radius 2 is 2.07 bits per heavy atom. The van der Waals surface area contributed by atoms with E-state index in [0.717, 1.165) is 11.4 Å². The van der Waals surface area contributed by atoms with E-state index in [9.17, 15) is 4.79 Å². The van der Waals surface area contributed by atoms with E-state index < -0.39 is 6.03 Å². The van der Waals surface area contributed by atoms with Crippen molar-refractivity contribution in [1.82, 2.24) is 5.43 Å². The maximum absolute atomic E-state index is 10.8. The van der Waals surface area contributed by atoms with Crippen molar-refractivity contribution in [3.8, 4) is 0 Å². The highest BCUT2D eigenvalue weighted by atomic mass is 32.2. The lowest BCUT2D eigenvalue weighted by Gasteiger charge is -2.04. The third-order valence-electron chi connectivity index (χ3n) is 1.55. The third kappa shape index (κ3) is 3.27. The van der Waals surface area contributed by atoms with E-state index in [1.54, 1.807) is 11.8 Å². The van der Waals surface area contributed by atoms with Crippen LogP contribution < -0.4 is 16.6 Å². The molecule has 4 N–H and O–H groups in total. The minimum absolute atomic E-state index is 0.416. The van der Waals surface area contributed by atoms with Crippen molar-refractivity contribution in [2.45, 2.75) is 11.8 Å². The highest BCUT2D eigenvalue weighted by Gasteiger charge is 1.98. The Hall–Kier alpha value is -1.20. The number of thioether (sulfide) groups is 1. The van der Waals surface area contributed by atoms with Gasteiger partial charge in [0.05, 0.1) is 0 Å². The van der Waals surface area contributed by atoms with Crippen LogP contribution in [0.15, 0.2) is 29.2 Å². The Morgan fingerprint density at radius 1 is 1.43 bits per heavy atom. The van der Waals surface area contributed by atoms with Crippen molar-refractivity contribution in [3.05, 3.63) is 24.3 Å². The normalized spacial score (nSPS) is 9.57. The van der Waals surface area contributed by atoms with Crippen LogP contribution in [0, 0.1) is 0 Å². The Labute approximate surface area is 87.2 Å². The molecule has 76 valence electrons. The molecule has 0 aliphatic heterocycles. The van der Waals surface area contributed by atoms with Crippen molar-refractivity contribution in [3.63, 3.8) is 0 Å². The number of hydrazine groups is 1. The Morgan fingerprint density at radius 3 is 2.57 bits per heavy atom. The molecule has 4 nitrogen and oxygen atoms in total. The van der Waals surface area contributed by atoms with Gasteiger partial charge in [0, 0.05) is 10.6 Å². The number of carbonyl (C=O) groups excluding carboxylic acids is 1. The minimum atomic E-state index is -0.416. The molecule has 5 heteroatoms. The fraction of sp³-hybridized carbons (Fsp3) is 0.222. The van der Waals surface area contributed by atoms with Crippen LogP contribution in [0.4, 0.5) is 10.5 Å². The van der Waals surface area contributed by atoms with Crippen molar-refractivity contribution in [1.29, 1.82) is 0 Å². The summed E-state index contributed by atoms with van der Waals surface area (Å²) in [7, 11) is 0. The van der Waals surface area contributed by atoms with Crippen LogP contribution in [-0.4, -0.2) is 11.8 Å². The molecular weight excluding hydrogens is 198 g/mol. The first-order valence-corrected chi connectivity index (χ1v) is 5.25. The fourth-order valence-electron chi connectivity index (χ4n) is 0.968. The molecule has 0 fully saturated rings. The number of amides is 2. The zero-order chi connectivity index (χ0) is 10.4. The average molecular weight is 211 g/mol. The first-order valence-electron chi connectivity index (χ1n) is 4.26. The van der Waals surface area contributed by atoms with Gasteiger partial charge in [0.25, 0.3) is 0 Å². The number of urea groups is 1. The van der Waals surface area contributed by atoms with Gasteiger partial charge in [-0.2, -0.15) is 0 Å². The number of nitrogens with two attached hydrogens (primary N) is 1. The lowest BCUT2D eigenvalue weighted by Crippen LogP contribution is -2.34. The van der Waals surface area contributed by atoms with Crippen molar-refractivity contribution >= 4 is 23.5 Å². The quantitative estimate of drug-likeness (QED) is 0.309. The maximum Gasteiger partial charge on any atom is 0.333 e. The minimum Gasteiger partial charge on any atom is -0.307 e. The molecular formula is C9H13N3OS. The van der Waals surface area contributed by atoms with E-state index in [1.807, 2.05) is 29.7 Å². The summed E-state index contributed by atoms with van der Waals surface area (Å²) in [5.74, 6) is 5.97. The van der Waals surface area contributed by atoms with E-state index in [0.29, 0.717) is 0 Å². The van der Waals surface area contributed by atoms with Crippen LogP contribution in [-0.2, 0) is 0 Å².